The summed E-state index contributed by atoms with van der Waals surface area (Å²) in [5.41, 5.74) is 0.483. The molecule has 1 fully saturated rings. The van der Waals surface area contributed by atoms with Crippen LogP contribution in [0.1, 0.15) is 53.3 Å². The van der Waals surface area contributed by atoms with Gasteiger partial charge in [-0.05, 0) is 25.3 Å². The third-order valence-corrected chi connectivity index (χ3v) is 5.00. The molecule has 1 aliphatic heterocycles. The van der Waals surface area contributed by atoms with E-state index in [1.807, 2.05) is 6.92 Å². The number of alkyl halides is 2. The maximum Gasteiger partial charge on any atom is 0.280 e. The lowest BCUT2D eigenvalue weighted by Gasteiger charge is -2.37. The van der Waals surface area contributed by atoms with Crippen molar-refractivity contribution in [2.24, 2.45) is 5.92 Å². The SMILES string of the molecule is Cc1cc(C(=O)N2CC[C@@H](C)[C@H](c3cc(C(F)F)nc4ncnn34)C2)no1. The summed E-state index contributed by atoms with van der Waals surface area (Å²) in [6, 6.07) is 2.95. The molecule has 4 heterocycles. The molecule has 27 heavy (non-hydrogen) atoms. The average Bonchev–Trinajstić information content (AvgIpc) is 3.29. The van der Waals surface area contributed by atoms with Gasteiger partial charge in [-0.3, -0.25) is 4.79 Å². The molecule has 10 heteroatoms. The van der Waals surface area contributed by atoms with Crippen LogP contribution in [-0.4, -0.2) is 48.6 Å². The number of halogens is 2. The fourth-order valence-corrected chi connectivity index (χ4v) is 3.50. The van der Waals surface area contributed by atoms with Gasteiger partial charge < -0.3 is 9.42 Å². The molecule has 2 atom stereocenters. The number of amides is 1. The van der Waals surface area contributed by atoms with Crippen LogP contribution in [0.25, 0.3) is 5.78 Å². The molecule has 1 amide bonds. The minimum atomic E-state index is -2.71. The lowest BCUT2D eigenvalue weighted by Crippen LogP contribution is -2.42. The highest BCUT2D eigenvalue weighted by molar-refractivity contribution is 5.92. The number of aryl methyl sites for hydroxylation is 1. The van der Waals surface area contributed by atoms with Crippen LogP contribution in [0.2, 0.25) is 0 Å². The van der Waals surface area contributed by atoms with Crippen molar-refractivity contribution in [3.05, 3.63) is 41.3 Å². The third-order valence-electron chi connectivity index (χ3n) is 5.00. The fraction of sp³-hybridized carbons (Fsp3) is 0.471. The first-order chi connectivity index (χ1) is 12.9. The zero-order valence-corrected chi connectivity index (χ0v) is 14.8. The number of hydrogen-bond donors (Lipinski definition) is 0. The quantitative estimate of drug-likeness (QED) is 0.698. The molecule has 0 spiro atoms. The van der Waals surface area contributed by atoms with Gasteiger partial charge in [0.25, 0.3) is 18.1 Å². The first-order valence-corrected chi connectivity index (χ1v) is 8.65. The van der Waals surface area contributed by atoms with Gasteiger partial charge in [0.1, 0.15) is 17.8 Å². The second-order valence-electron chi connectivity index (χ2n) is 6.82. The molecule has 3 aromatic rings. The lowest BCUT2D eigenvalue weighted by molar-refractivity contribution is 0.0655. The summed E-state index contributed by atoms with van der Waals surface area (Å²) in [6.07, 6.45) is -0.689. The van der Waals surface area contributed by atoms with Crippen LogP contribution in [0, 0.1) is 12.8 Å². The van der Waals surface area contributed by atoms with Gasteiger partial charge in [0.05, 0.1) is 5.69 Å². The van der Waals surface area contributed by atoms with Crippen LogP contribution < -0.4 is 0 Å². The first kappa shape index (κ1) is 17.5. The van der Waals surface area contributed by atoms with Crippen LogP contribution in [0.5, 0.6) is 0 Å². The maximum atomic E-state index is 13.3. The van der Waals surface area contributed by atoms with Crippen molar-refractivity contribution in [1.29, 1.82) is 0 Å². The monoisotopic (exact) mass is 376 g/mol. The van der Waals surface area contributed by atoms with E-state index >= 15 is 0 Å². The van der Waals surface area contributed by atoms with E-state index in [1.165, 1.54) is 16.9 Å². The third kappa shape index (κ3) is 3.15. The van der Waals surface area contributed by atoms with Gasteiger partial charge in [0, 0.05) is 25.1 Å². The normalized spacial score (nSPS) is 20.6. The molecule has 3 aromatic heterocycles. The smallest absolute Gasteiger partial charge is 0.280 e. The van der Waals surface area contributed by atoms with Crippen LogP contribution in [0.15, 0.2) is 23.0 Å². The largest absolute Gasteiger partial charge is 0.361 e. The molecule has 0 aromatic carbocycles. The highest BCUT2D eigenvalue weighted by atomic mass is 19.3. The van der Waals surface area contributed by atoms with Crippen molar-refractivity contribution < 1.29 is 18.1 Å². The van der Waals surface area contributed by atoms with Gasteiger partial charge >= 0.3 is 0 Å². The van der Waals surface area contributed by atoms with Gasteiger partial charge in [-0.2, -0.15) is 10.1 Å². The Kier molecular flexibility index (Phi) is 4.33. The van der Waals surface area contributed by atoms with Crippen LogP contribution in [-0.2, 0) is 0 Å². The van der Waals surface area contributed by atoms with Crippen LogP contribution >= 0.6 is 0 Å². The van der Waals surface area contributed by atoms with Crippen molar-refractivity contribution in [2.75, 3.05) is 13.1 Å². The number of carbonyl (C=O) groups is 1. The van der Waals surface area contributed by atoms with Crippen molar-refractivity contribution in [1.82, 2.24) is 29.6 Å². The van der Waals surface area contributed by atoms with Gasteiger partial charge in [-0.25, -0.2) is 18.3 Å². The Labute approximate surface area is 153 Å². The summed E-state index contributed by atoms with van der Waals surface area (Å²) in [7, 11) is 0. The molecule has 4 rings (SSSR count). The van der Waals surface area contributed by atoms with Gasteiger partial charge in [-0.1, -0.05) is 12.1 Å². The Morgan fingerprint density at radius 3 is 2.89 bits per heavy atom. The average molecular weight is 376 g/mol. The minimum Gasteiger partial charge on any atom is -0.361 e. The fourth-order valence-electron chi connectivity index (χ4n) is 3.50. The molecule has 8 nitrogen and oxygen atoms in total. The van der Waals surface area contributed by atoms with Crippen LogP contribution in [0.3, 0.4) is 0 Å². The standard InChI is InChI=1S/C17H18F2N6O2/c1-9-3-4-24(16(26)13-5-10(2)27-23-13)7-11(9)14-6-12(15(18)19)22-17-20-8-21-25(14)17/h5-6,8-9,11,15H,3-4,7H2,1-2H3/t9-,11-/m1/s1. The van der Waals surface area contributed by atoms with Crippen molar-refractivity contribution >= 4 is 11.7 Å². The minimum absolute atomic E-state index is 0.130. The molecule has 0 N–H and O–H groups in total. The van der Waals surface area contributed by atoms with Gasteiger partial charge in [-0.15, -0.1) is 0 Å². The van der Waals surface area contributed by atoms with Gasteiger partial charge in [0.2, 0.25) is 0 Å². The molecule has 0 radical (unpaired) electrons. The van der Waals surface area contributed by atoms with E-state index in [0.29, 0.717) is 24.5 Å². The van der Waals surface area contributed by atoms with E-state index in [9.17, 15) is 13.6 Å². The molecule has 0 aliphatic carbocycles. The number of carbonyl (C=O) groups excluding carboxylic acids is 1. The Balaban J connectivity index is 1.69. The summed E-state index contributed by atoms with van der Waals surface area (Å²) in [5, 5.41) is 7.91. The van der Waals surface area contributed by atoms with E-state index in [2.05, 4.69) is 20.2 Å². The summed E-state index contributed by atoms with van der Waals surface area (Å²) in [4.78, 5) is 22.2. The Hall–Kier alpha value is -2.91. The first-order valence-electron chi connectivity index (χ1n) is 8.65. The number of rotatable bonds is 3. The zero-order valence-electron chi connectivity index (χ0n) is 14.8. The highest BCUT2D eigenvalue weighted by Gasteiger charge is 2.34. The molecular weight excluding hydrogens is 358 g/mol. The second kappa shape index (κ2) is 6.67. The topological polar surface area (TPSA) is 89.4 Å². The molecular formula is C17H18F2N6O2. The Bertz CT molecular complexity index is 985. The summed E-state index contributed by atoms with van der Waals surface area (Å²) < 4.78 is 33.0. The summed E-state index contributed by atoms with van der Waals surface area (Å²) in [6.45, 7) is 4.69. The van der Waals surface area contributed by atoms with Crippen LogP contribution in [0.4, 0.5) is 8.78 Å². The number of piperidine rings is 1. The molecule has 1 saturated heterocycles. The Morgan fingerprint density at radius 2 is 2.19 bits per heavy atom. The van der Waals surface area contributed by atoms with Crippen molar-refractivity contribution in [3.63, 3.8) is 0 Å². The van der Waals surface area contributed by atoms with E-state index in [-0.39, 0.29) is 34.9 Å². The molecule has 0 saturated carbocycles. The maximum absolute atomic E-state index is 13.3. The predicted octanol–water partition coefficient (Wildman–Crippen LogP) is 2.62. The summed E-state index contributed by atoms with van der Waals surface area (Å²) in [5.74, 6) is 0.446. The molecule has 0 bridgehead atoms. The second-order valence-corrected chi connectivity index (χ2v) is 6.82. The van der Waals surface area contributed by atoms with E-state index in [1.54, 1.807) is 17.9 Å². The lowest BCUT2D eigenvalue weighted by atomic mass is 9.84. The highest BCUT2D eigenvalue weighted by Crippen LogP contribution is 2.34. The van der Waals surface area contributed by atoms with E-state index in [4.69, 9.17) is 4.52 Å². The van der Waals surface area contributed by atoms with Gasteiger partial charge in [0.15, 0.2) is 5.69 Å². The number of aromatic nitrogens is 5. The Morgan fingerprint density at radius 1 is 1.37 bits per heavy atom. The van der Waals surface area contributed by atoms with E-state index in [0.717, 1.165) is 6.42 Å². The van der Waals surface area contributed by atoms with Crippen molar-refractivity contribution in [2.45, 2.75) is 32.6 Å². The molecule has 1 aliphatic rings. The number of hydrogen-bond acceptors (Lipinski definition) is 6. The molecule has 142 valence electrons. The number of nitrogens with zero attached hydrogens (tertiary/aromatic N) is 6. The summed E-state index contributed by atoms with van der Waals surface area (Å²) >= 11 is 0. The zero-order chi connectivity index (χ0) is 19.1. The van der Waals surface area contributed by atoms with E-state index < -0.39 is 6.43 Å². The number of fused-ring (bicyclic) bond motifs is 1. The van der Waals surface area contributed by atoms with Crippen molar-refractivity contribution in [3.8, 4) is 0 Å². The predicted molar refractivity (Wildman–Crippen MR) is 89.4 cm³/mol. The molecule has 0 unspecified atom stereocenters. The number of likely N-dealkylation sites (tertiary alicyclic amines) is 1.